The van der Waals surface area contributed by atoms with Gasteiger partial charge in [0.2, 0.25) is 5.16 Å². The van der Waals surface area contributed by atoms with Crippen LogP contribution in [0.1, 0.15) is 0 Å². The minimum atomic E-state index is -1.15. The molecular formula is C11H9BrN2OS. The van der Waals surface area contributed by atoms with Gasteiger partial charge in [-0.3, -0.25) is 4.21 Å². The lowest BCUT2D eigenvalue weighted by Crippen LogP contribution is -1.97. The highest BCUT2D eigenvalue weighted by Crippen LogP contribution is 2.19. The Morgan fingerprint density at radius 3 is 2.50 bits per heavy atom. The van der Waals surface area contributed by atoms with E-state index in [0.717, 1.165) is 15.7 Å². The molecule has 16 heavy (non-hydrogen) atoms. The topological polar surface area (TPSA) is 42.9 Å². The predicted molar refractivity (Wildman–Crippen MR) is 67.5 cm³/mol. The first kappa shape index (κ1) is 11.4. The molecule has 0 spiro atoms. The molecule has 1 aromatic carbocycles. The first-order chi connectivity index (χ1) is 7.66. The van der Waals surface area contributed by atoms with Gasteiger partial charge in [-0.2, -0.15) is 0 Å². The van der Waals surface area contributed by atoms with Crippen LogP contribution in [0.25, 0.3) is 11.3 Å². The fourth-order valence-corrected chi connectivity index (χ4v) is 1.96. The predicted octanol–water partition coefficient (Wildman–Crippen LogP) is 2.64. The third-order valence-corrected chi connectivity index (χ3v) is 3.27. The molecule has 82 valence electrons. The van der Waals surface area contributed by atoms with E-state index in [2.05, 4.69) is 25.9 Å². The van der Waals surface area contributed by atoms with Crippen molar-refractivity contribution in [2.75, 3.05) is 6.26 Å². The van der Waals surface area contributed by atoms with Crippen LogP contribution >= 0.6 is 15.9 Å². The van der Waals surface area contributed by atoms with Crippen molar-refractivity contribution in [2.45, 2.75) is 5.16 Å². The molecule has 0 saturated heterocycles. The summed E-state index contributed by atoms with van der Waals surface area (Å²) in [6.45, 7) is 0. The minimum absolute atomic E-state index is 0.361. The number of nitrogens with zero attached hydrogens (tertiary/aromatic N) is 2. The molecule has 0 aliphatic rings. The van der Waals surface area contributed by atoms with Gasteiger partial charge in [0, 0.05) is 22.5 Å². The minimum Gasteiger partial charge on any atom is -0.251 e. The molecular weight excluding hydrogens is 288 g/mol. The first-order valence-electron chi connectivity index (χ1n) is 4.59. The maximum Gasteiger partial charge on any atom is 0.218 e. The van der Waals surface area contributed by atoms with Gasteiger partial charge < -0.3 is 0 Å². The molecule has 1 aromatic heterocycles. The summed E-state index contributed by atoms with van der Waals surface area (Å²) in [6.07, 6.45) is 3.20. The Morgan fingerprint density at radius 2 is 1.88 bits per heavy atom. The van der Waals surface area contributed by atoms with Gasteiger partial charge in [0.25, 0.3) is 0 Å². The molecule has 0 N–H and O–H groups in total. The Hall–Kier alpha value is -1.07. The molecule has 0 saturated carbocycles. The lowest BCUT2D eigenvalue weighted by molar-refractivity contribution is 0.680. The van der Waals surface area contributed by atoms with Crippen LogP contribution < -0.4 is 0 Å². The van der Waals surface area contributed by atoms with Crippen molar-refractivity contribution in [3.8, 4) is 11.3 Å². The fraction of sp³-hybridized carbons (Fsp3) is 0.0909. The van der Waals surface area contributed by atoms with Crippen LogP contribution in [0, 0.1) is 0 Å². The molecule has 0 bridgehead atoms. The van der Waals surface area contributed by atoms with Crippen LogP contribution in [0.5, 0.6) is 0 Å². The van der Waals surface area contributed by atoms with Crippen LogP contribution in [-0.4, -0.2) is 20.4 Å². The summed E-state index contributed by atoms with van der Waals surface area (Å²) in [5.74, 6) is 0. The summed E-state index contributed by atoms with van der Waals surface area (Å²) in [5, 5.41) is 0.361. The Bertz CT molecular complexity index is 528. The average molecular weight is 297 g/mol. The normalized spacial score (nSPS) is 12.4. The van der Waals surface area contributed by atoms with Crippen molar-refractivity contribution < 1.29 is 4.21 Å². The Morgan fingerprint density at radius 1 is 1.19 bits per heavy atom. The van der Waals surface area contributed by atoms with Gasteiger partial charge >= 0.3 is 0 Å². The van der Waals surface area contributed by atoms with E-state index in [1.54, 1.807) is 18.5 Å². The number of halogens is 1. The number of benzene rings is 1. The van der Waals surface area contributed by atoms with E-state index >= 15 is 0 Å². The average Bonchev–Trinajstić information content (AvgIpc) is 2.30. The number of rotatable bonds is 2. The molecule has 1 unspecified atom stereocenters. The van der Waals surface area contributed by atoms with Crippen molar-refractivity contribution in [1.82, 2.24) is 9.97 Å². The molecule has 0 amide bonds. The lowest BCUT2D eigenvalue weighted by Gasteiger charge is -2.02. The second-order valence-electron chi connectivity index (χ2n) is 3.19. The number of aromatic nitrogens is 2. The summed E-state index contributed by atoms with van der Waals surface area (Å²) < 4.78 is 12.3. The smallest absolute Gasteiger partial charge is 0.218 e. The van der Waals surface area contributed by atoms with Crippen LogP contribution in [0.4, 0.5) is 0 Å². The maximum atomic E-state index is 11.3. The Kier molecular flexibility index (Phi) is 3.46. The van der Waals surface area contributed by atoms with E-state index < -0.39 is 10.8 Å². The number of hydrogen-bond acceptors (Lipinski definition) is 3. The van der Waals surface area contributed by atoms with E-state index in [1.807, 2.05) is 24.3 Å². The van der Waals surface area contributed by atoms with Gasteiger partial charge in [0.1, 0.15) is 0 Å². The van der Waals surface area contributed by atoms with E-state index in [0.29, 0.717) is 5.16 Å². The highest BCUT2D eigenvalue weighted by molar-refractivity contribution is 9.10. The highest BCUT2D eigenvalue weighted by atomic mass is 79.9. The molecule has 0 radical (unpaired) electrons. The molecule has 0 aliphatic heterocycles. The first-order valence-corrected chi connectivity index (χ1v) is 6.94. The van der Waals surface area contributed by atoms with Crippen molar-refractivity contribution in [3.63, 3.8) is 0 Å². The monoisotopic (exact) mass is 296 g/mol. The quantitative estimate of drug-likeness (QED) is 0.800. The molecule has 3 nitrogen and oxygen atoms in total. The van der Waals surface area contributed by atoms with E-state index in [1.165, 1.54) is 0 Å². The van der Waals surface area contributed by atoms with Crippen molar-refractivity contribution in [3.05, 3.63) is 41.0 Å². The van der Waals surface area contributed by atoms with E-state index in [9.17, 15) is 4.21 Å². The van der Waals surface area contributed by atoms with E-state index in [4.69, 9.17) is 0 Å². The fourth-order valence-electron chi connectivity index (χ4n) is 1.26. The van der Waals surface area contributed by atoms with E-state index in [-0.39, 0.29) is 0 Å². The summed E-state index contributed by atoms with van der Waals surface area (Å²) >= 11 is 3.37. The zero-order valence-electron chi connectivity index (χ0n) is 8.55. The Balaban J connectivity index is 2.44. The van der Waals surface area contributed by atoms with Crippen LogP contribution in [-0.2, 0) is 10.8 Å². The third-order valence-electron chi connectivity index (χ3n) is 2.03. The third kappa shape index (κ3) is 2.54. The second-order valence-corrected chi connectivity index (χ2v) is 5.37. The second kappa shape index (κ2) is 4.84. The van der Waals surface area contributed by atoms with Gasteiger partial charge in [-0.1, -0.05) is 28.1 Å². The molecule has 2 aromatic rings. The maximum absolute atomic E-state index is 11.3. The summed E-state index contributed by atoms with van der Waals surface area (Å²) in [4.78, 5) is 8.21. The molecule has 1 heterocycles. The number of hydrogen-bond donors (Lipinski definition) is 0. The molecule has 2 rings (SSSR count). The summed E-state index contributed by atoms with van der Waals surface area (Å²) in [6, 6.07) is 9.60. The van der Waals surface area contributed by atoms with Crippen LogP contribution in [0.15, 0.2) is 46.2 Å². The summed E-state index contributed by atoms with van der Waals surface area (Å²) in [5.41, 5.74) is 1.77. The van der Waals surface area contributed by atoms with Gasteiger partial charge in [-0.05, 0) is 18.2 Å². The van der Waals surface area contributed by atoms with Crippen molar-refractivity contribution in [2.24, 2.45) is 0 Å². The summed E-state index contributed by atoms with van der Waals surface area (Å²) in [7, 11) is -1.15. The molecule has 5 heteroatoms. The van der Waals surface area contributed by atoms with Gasteiger partial charge in [-0.15, -0.1) is 0 Å². The lowest BCUT2D eigenvalue weighted by atomic mass is 10.1. The Labute approximate surface area is 105 Å². The zero-order valence-corrected chi connectivity index (χ0v) is 11.0. The highest BCUT2D eigenvalue weighted by Gasteiger charge is 2.04. The molecule has 0 aliphatic carbocycles. The SMILES string of the molecule is CS(=O)c1nccc(-c2ccc(Br)cc2)n1. The standard InChI is InChI=1S/C11H9BrN2OS/c1-16(15)11-13-7-6-10(14-11)8-2-4-9(12)5-3-8/h2-7H,1H3. The van der Waals surface area contributed by atoms with Crippen molar-refractivity contribution in [1.29, 1.82) is 0 Å². The molecule has 0 fully saturated rings. The van der Waals surface area contributed by atoms with Crippen LogP contribution in [0.3, 0.4) is 0 Å². The largest absolute Gasteiger partial charge is 0.251 e. The molecule has 1 atom stereocenters. The van der Waals surface area contributed by atoms with Gasteiger partial charge in [0.15, 0.2) is 0 Å². The zero-order chi connectivity index (χ0) is 11.5. The van der Waals surface area contributed by atoms with Crippen LogP contribution in [0.2, 0.25) is 0 Å². The van der Waals surface area contributed by atoms with Gasteiger partial charge in [-0.25, -0.2) is 9.97 Å². The van der Waals surface area contributed by atoms with Crippen molar-refractivity contribution >= 4 is 26.7 Å². The van der Waals surface area contributed by atoms with Gasteiger partial charge in [0.05, 0.1) is 16.5 Å².